The van der Waals surface area contributed by atoms with Gasteiger partial charge in [0, 0.05) is 6.61 Å². The highest BCUT2D eigenvalue weighted by molar-refractivity contribution is 6.49. The third-order valence-corrected chi connectivity index (χ3v) is 2.43. The lowest BCUT2D eigenvalue weighted by molar-refractivity contribution is 0.235. The average Bonchev–Trinajstić information content (AvgIpc) is 2.37. The van der Waals surface area contributed by atoms with Crippen LogP contribution in [0.1, 0.15) is 34.1 Å². The summed E-state index contributed by atoms with van der Waals surface area (Å²) in [5, 5.41) is 0. The highest BCUT2D eigenvalue weighted by atomic mass is 16.4. The van der Waals surface area contributed by atoms with Crippen LogP contribution in [0.4, 0.5) is 0 Å². The highest BCUT2D eigenvalue weighted by Gasteiger charge is 2.32. The summed E-state index contributed by atoms with van der Waals surface area (Å²) in [6, 6.07) is 1.18. The molecular formula is C9H20BNO. The second-order valence-corrected chi connectivity index (χ2v) is 4.10. The summed E-state index contributed by atoms with van der Waals surface area (Å²) >= 11 is 0. The predicted molar refractivity (Wildman–Crippen MR) is 53.2 cm³/mol. The van der Waals surface area contributed by atoms with Gasteiger partial charge in [-0.3, -0.25) is 0 Å². The van der Waals surface area contributed by atoms with Crippen LogP contribution >= 0.6 is 0 Å². The first-order chi connectivity index (χ1) is 5.63. The van der Waals surface area contributed by atoms with Gasteiger partial charge in [-0.25, -0.2) is 0 Å². The van der Waals surface area contributed by atoms with Crippen LogP contribution in [-0.2, 0) is 4.65 Å². The van der Waals surface area contributed by atoms with E-state index in [9.17, 15) is 0 Å². The van der Waals surface area contributed by atoms with Crippen LogP contribution in [0, 0.1) is 0 Å². The van der Waals surface area contributed by atoms with Gasteiger partial charge in [0.15, 0.2) is 0 Å². The third kappa shape index (κ3) is 2.24. The van der Waals surface area contributed by atoms with E-state index in [1.165, 1.54) is 12.7 Å². The second kappa shape index (κ2) is 4.29. The zero-order valence-electron chi connectivity index (χ0n) is 8.71. The van der Waals surface area contributed by atoms with Gasteiger partial charge in [0.05, 0.1) is 0 Å². The molecule has 1 heterocycles. The summed E-state index contributed by atoms with van der Waals surface area (Å²) in [5.41, 5.74) is 0. The fourth-order valence-corrected chi connectivity index (χ4v) is 2.06. The smallest absolute Gasteiger partial charge is 0.382 e. The Balaban J connectivity index is 2.52. The molecule has 0 aromatic rings. The zero-order valence-corrected chi connectivity index (χ0v) is 8.71. The Morgan fingerprint density at radius 2 is 1.75 bits per heavy atom. The molecule has 0 saturated carbocycles. The molecule has 0 unspecified atom stereocenters. The van der Waals surface area contributed by atoms with E-state index in [0.29, 0.717) is 19.1 Å². The Morgan fingerprint density at radius 1 is 1.17 bits per heavy atom. The summed E-state index contributed by atoms with van der Waals surface area (Å²) in [4.78, 5) is 2.45. The van der Waals surface area contributed by atoms with Crippen molar-refractivity contribution < 1.29 is 4.65 Å². The first-order valence-corrected chi connectivity index (χ1v) is 5.02. The molecule has 1 saturated heterocycles. The van der Waals surface area contributed by atoms with E-state index in [1.54, 1.807) is 0 Å². The maximum absolute atomic E-state index is 5.66. The summed E-state index contributed by atoms with van der Waals surface area (Å²) in [6.07, 6.45) is 2.43. The third-order valence-electron chi connectivity index (χ3n) is 2.43. The molecule has 70 valence electrons. The highest BCUT2D eigenvalue weighted by Crippen LogP contribution is 2.18. The van der Waals surface area contributed by atoms with E-state index in [0.717, 1.165) is 6.61 Å². The van der Waals surface area contributed by atoms with Crippen molar-refractivity contribution in [3.05, 3.63) is 0 Å². The van der Waals surface area contributed by atoms with Crippen molar-refractivity contribution in [3.8, 4) is 0 Å². The zero-order chi connectivity index (χ0) is 9.14. The van der Waals surface area contributed by atoms with E-state index in [2.05, 4.69) is 32.5 Å². The van der Waals surface area contributed by atoms with Gasteiger partial charge >= 0.3 is 7.05 Å². The molecule has 2 nitrogen and oxygen atoms in total. The minimum atomic E-state index is 0.380. The molecule has 1 aliphatic rings. The minimum absolute atomic E-state index is 0.380. The Kier molecular flexibility index (Phi) is 3.60. The van der Waals surface area contributed by atoms with Crippen LogP contribution in [0.5, 0.6) is 0 Å². The Morgan fingerprint density at radius 3 is 2.08 bits per heavy atom. The van der Waals surface area contributed by atoms with Crippen LogP contribution in [0.15, 0.2) is 0 Å². The molecule has 12 heavy (non-hydrogen) atoms. The van der Waals surface area contributed by atoms with Crippen LogP contribution in [0.2, 0.25) is 6.32 Å². The van der Waals surface area contributed by atoms with Crippen LogP contribution < -0.4 is 0 Å². The minimum Gasteiger partial charge on any atom is -0.421 e. The molecule has 1 rings (SSSR count). The van der Waals surface area contributed by atoms with Crippen molar-refractivity contribution in [2.75, 3.05) is 6.61 Å². The van der Waals surface area contributed by atoms with Gasteiger partial charge in [0.2, 0.25) is 0 Å². The molecule has 1 aliphatic heterocycles. The average molecular weight is 169 g/mol. The first kappa shape index (κ1) is 10.1. The van der Waals surface area contributed by atoms with Crippen molar-refractivity contribution in [1.29, 1.82) is 0 Å². The molecule has 3 heteroatoms. The molecule has 0 spiro atoms. The summed E-state index contributed by atoms with van der Waals surface area (Å²) < 4.78 is 5.66. The van der Waals surface area contributed by atoms with Crippen LogP contribution in [0.25, 0.3) is 0 Å². The van der Waals surface area contributed by atoms with Gasteiger partial charge in [-0.05, 0) is 24.8 Å². The van der Waals surface area contributed by atoms with Crippen molar-refractivity contribution >= 4 is 7.05 Å². The van der Waals surface area contributed by atoms with E-state index in [1.807, 2.05) is 0 Å². The van der Waals surface area contributed by atoms with Crippen molar-refractivity contribution in [2.45, 2.75) is 52.5 Å². The van der Waals surface area contributed by atoms with Crippen molar-refractivity contribution in [1.82, 2.24) is 4.81 Å². The maximum Gasteiger partial charge on any atom is 0.382 e. The molecule has 0 aromatic heterocycles. The quantitative estimate of drug-likeness (QED) is 0.599. The SMILES string of the molecule is CC(C)N(B1CCCO1)C(C)C. The summed E-state index contributed by atoms with van der Waals surface area (Å²) in [5.74, 6) is 0. The van der Waals surface area contributed by atoms with Gasteiger partial charge in [-0.2, -0.15) is 0 Å². The number of rotatable bonds is 3. The lowest BCUT2D eigenvalue weighted by Gasteiger charge is -2.33. The van der Waals surface area contributed by atoms with E-state index in [-0.39, 0.29) is 0 Å². The van der Waals surface area contributed by atoms with Crippen LogP contribution in [0.3, 0.4) is 0 Å². The van der Waals surface area contributed by atoms with E-state index < -0.39 is 0 Å². The standard InChI is InChI=1S/C9H20BNO/c1-8(2)11(9(3)4)10-6-5-7-12-10/h8-9H,5-7H2,1-4H3. The molecule has 0 N–H and O–H groups in total. The molecular weight excluding hydrogens is 149 g/mol. The van der Waals surface area contributed by atoms with Gasteiger partial charge in [-0.15, -0.1) is 0 Å². The molecule has 0 aromatic carbocycles. The Hall–Kier alpha value is -0.0151. The van der Waals surface area contributed by atoms with E-state index in [4.69, 9.17) is 4.65 Å². The Labute approximate surface area is 76.4 Å². The lowest BCUT2D eigenvalue weighted by atomic mass is 9.75. The van der Waals surface area contributed by atoms with Crippen LogP contribution in [-0.4, -0.2) is 30.6 Å². The maximum atomic E-state index is 5.66. The summed E-state index contributed by atoms with van der Waals surface area (Å²) in [6.45, 7) is 9.90. The van der Waals surface area contributed by atoms with E-state index >= 15 is 0 Å². The molecule has 0 amide bonds. The monoisotopic (exact) mass is 169 g/mol. The predicted octanol–water partition coefficient (Wildman–Crippen LogP) is 2.01. The number of hydrogen-bond donors (Lipinski definition) is 0. The molecule has 0 bridgehead atoms. The fourth-order valence-electron chi connectivity index (χ4n) is 2.06. The van der Waals surface area contributed by atoms with Gasteiger partial charge in [0.1, 0.15) is 0 Å². The number of nitrogens with zero attached hydrogens (tertiary/aromatic N) is 1. The fraction of sp³-hybridized carbons (Fsp3) is 1.00. The molecule has 0 aliphatic carbocycles. The topological polar surface area (TPSA) is 12.5 Å². The summed E-state index contributed by atoms with van der Waals surface area (Å²) in [7, 11) is 0.380. The largest absolute Gasteiger partial charge is 0.421 e. The molecule has 0 atom stereocenters. The van der Waals surface area contributed by atoms with Crippen molar-refractivity contribution in [2.24, 2.45) is 0 Å². The normalized spacial score (nSPS) is 18.8. The molecule has 1 fully saturated rings. The van der Waals surface area contributed by atoms with Gasteiger partial charge in [0.25, 0.3) is 0 Å². The molecule has 0 radical (unpaired) electrons. The van der Waals surface area contributed by atoms with Crippen molar-refractivity contribution in [3.63, 3.8) is 0 Å². The van der Waals surface area contributed by atoms with Gasteiger partial charge < -0.3 is 9.47 Å². The number of hydrogen-bond acceptors (Lipinski definition) is 2. The lowest BCUT2D eigenvalue weighted by Crippen LogP contribution is -2.48. The first-order valence-electron chi connectivity index (χ1n) is 5.02. The Bertz CT molecular complexity index is 124. The second-order valence-electron chi connectivity index (χ2n) is 4.10. The van der Waals surface area contributed by atoms with Gasteiger partial charge in [-0.1, -0.05) is 27.7 Å².